The zero-order chi connectivity index (χ0) is 19.3. The highest BCUT2D eigenvalue weighted by Gasteiger charge is 2.22. The summed E-state index contributed by atoms with van der Waals surface area (Å²) < 4.78 is 2.13. The standard InChI is InChI=1S/C22H26N4OS/c1-17-10-12-19(13-11-17)26-21(25-14-6-3-7-15-25)23-24-22(26)28-16-20(27)18-8-4-2-5-9-18/h2,4-5,8-13,20,27H,3,6-7,14-16H2,1H3. The number of thioether (sulfide) groups is 1. The summed E-state index contributed by atoms with van der Waals surface area (Å²) in [6, 6.07) is 18.2. The second-order valence-corrected chi connectivity index (χ2v) is 8.23. The molecule has 1 atom stereocenters. The maximum Gasteiger partial charge on any atom is 0.232 e. The molecule has 6 heteroatoms. The average Bonchev–Trinajstić information content (AvgIpc) is 3.18. The molecule has 28 heavy (non-hydrogen) atoms. The summed E-state index contributed by atoms with van der Waals surface area (Å²) in [4.78, 5) is 2.33. The van der Waals surface area contributed by atoms with Crippen LogP contribution in [0.4, 0.5) is 5.95 Å². The third-order valence-electron chi connectivity index (χ3n) is 5.10. The summed E-state index contributed by atoms with van der Waals surface area (Å²) in [5, 5.41) is 20.4. The van der Waals surface area contributed by atoms with Crippen molar-refractivity contribution in [2.24, 2.45) is 0 Å². The van der Waals surface area contributed by atoms with Crippen LogP contribution in [-0.4, -0.2) is 38.7 Å². The topological polar surface area (TPSA) is 54.2 Å². The number of rotatable bonds is 6. The van der Waals surface area contributed by atoms with Crippen LogP contribution in [0.25, 0.3) is 5.69 Å². The van der Waals surface area contributed by atoms with Crippen LogP contribution in [0.5, 0.6) is 0 Å². The van der Waals surface area contributed by atoms with Crippen molar-refractivity contribution in [2.45, 2.75) is 37.4 Å². The van der Waals surface area contributed by atoms with Gasteiger partial charge in [-0.25, -0.2) is 0 Å². The van der Waals surface area contributed by atoms with Crippen LogP contribution in [0.3, 0.4) is 0 Å². The van der Waals surface area contributed by atoms with Gasteiger partial charge in [0.05, 0.1) is 11.8 Å². The lowest BCUT2D eigenvalue weighted by Gasteiger charge is -2.27. The average molecular weight is 395 g/mol. The van der Waals surface area contributed by atoms with Crippen molar-refractivity contribution in [3.05, 3.63) is 65.7 Å². The molecule has 1 saturated heterocycles. The van der Waals surface area contributed by atoms with Crippen molar-refractivity contribution in [1.82, 2.24) is 14.8 Å². The fourth-order valence-electron chi connectivity index (χ4n) is 3.50. The van der Waals surface area contributed by atoms with Gasteiger partial charge in [0.25, 0.3) is 0 Å². The van der Waals surface area contributed by atoms with Crippen molar-refractivity contribution in [3.8, 4) is 5.69 Å². The van der Waals surface area contributed by atoms with E-state index in [9.17, 15) is 5.11 Å². The Balaban J connectivity index is 1.61. The first-order valence-corrected chi connectivity index (χ1v) is 10.8. The molecule has 0 saturated carbocycles. The van der Waals surface area contributed by atoms with Crippen LogP contribution in [0.1, 0.15) is 36.5 Å². The van der Waals surface area contributed by atoms with E-state index in [2.05, 4.69) is 50.9 Å². The molecule has 0 aliphatic carbocycles. The van der Waals surface area contributed by atoms with Crippen LogP contribution in [0.15, 0.2) is 59.8 Å². The van der Waals surface area contributed by atoms with Crippen LogP contribution < -0.4 is 4.90 Å². The highest BCUT2D eigenvalue weighted by Crippen LogP contribution is 2.30. The first kappa shape index (κ1) is 19.0. The summed E-state index contributed by atoms with van der Waals surface area (Å²) in [5.41, 5.74) is 3.21. The second kappa shape index (κ2) is 8.80. The molecule has 0 spiro atoms. The molecule has 2 heterocycles. The molecule has 1 fully saturated rings. The molecule has 1 aromatic heterocycles. The van der Waals surface area contributed by atoms with Crippen molar-refractivity contribution in [3.63, 3.8) is 0 Å². The van der Waals surface area contributed by atoms with E-state index < -0.39 is 6.10 Å². The monoisotopic (exact) mass is 394 g/mol. The molecule has 5 nitrogen and oxygen atoms in total. The third kappa shape index (κ3) is 4.23. The lowest BCUT2D eigenvalue weighted by molar-refractivity contribution is 0.204. The number of anilines is 1. The fraction of sp³-hybridized carbons (Fsp3) is 0.364. The summed E-state index contributed by atoms with van der Waals surface area (Å²) in [6.07, 6.45) is 3.12. The molecular formula is C22H26N4OS. The van der Waals surface area contributed by atoms with Crippen LogP contribution in [0.2, 0.25) is 0 Å². The number of nitrogens with zero attached hydrogens (tertiary/aromatic N) is 4. The quantitative estimate of drug-likeness (QED) is 0.629. The van der Waals surface area contributed by atoms with E-state index in [0.29, 0.717) is 5.75 Å². The number of aliphatic hydroxyl groups excluding tert-OH is 1. The largest absolute Gasteiger partial charge is 0.388 e. The fourth-order valence-corrected chi connectivity index (χ4v) is 4.41. The molecule has 2 aromatic carbocycles. The Hall–Kier alpha value is -2.31. The molecule has 1 aliphatic heterocycles. The SMILES string of the molecule is Cc1ccc(-n2c(SCC(O)c3ccccc3)nnc2N2CCCCC2)cc1. The van der Waals surface area contributed by atoms with Gasteiger partial charge < -0.3 is 10.0 Å². The third-order valence-corrected chi connectivity index (χ3v) is 6.11. The Morgan fingerprint density at radius 1 is 0.964 bits per heavy atom. The van der Waals surface area contributed by atoms with E-state index in [-0.39, 0.29) is 0 Å². The van der Waals surface area contributed by atoms with Gasteiger partial charge in [0.15, 0.2) is 5.16 Å². The number of hydrogen-bond donors (Lipinski definition) is 1. The van der Waals surface area contributed by atoms with Crippen molar-refractivity contribution in [2.75, 3.05) is 23.7 Å². The van der Waals surface area contributed by atoms with Gasteiger partial charge in [0, 0.05) is 18.8 Å². The van der Waals surface area contributed by atoms with E-state index in [0.717, 1.165) is 35.4 Å². The first-order valence-electron chi connectivity index (χ1n) is 9.85. The van der Waals surface area contributed by atoms with Gasteiger partial charge in [-0.05, 0) is 43.9 Å². The van der Waals surface area contributed by atoms with Gasteiger partial charge in [-0.15, -0.1) is 10.2 Å². The van der Waals surface area contributed by atoms with Gasteiger partial charge in [0.2, 0.25) is 5.95 Å². The van der Waals surface area contributed by atoms with Gasteiger partial charge in [0.1, 0.15) is 0 Å². The number of benzene rings is 2. The minimum absolute atomic E-state index is 0.534. The molecule has 1 unspecified atom stereocenters. The Morgan fingerprint density at radius 2 is 1.68 bits per heavy atom. The molecule has 0 radical (unpaired) electrons. The second-order valence-electron chi connectivity index (χ2n) is 7.24. The maximum absolute atomic E-state index is 10.5. The lowest BCUT2D eigenvalue weighted by Crippen LogP contribution is -2.31. The van der Waals surface area contributed by atoms with E-state index in [1.807, 2.05) is 30.3 Å². The van der Waals surface area contributed by atoms with E-state index in [1.54, 1.807) is 11.8 Å². The molecule has 0 bridgehead atoms. The number of aromatic nitrogens is 3. The molecule has 146 valence electrons. The van der Waals surface area contributed by atoms with E-state index in [1.165, 1.54) is 24.8 Å². The molecule has 1 N–H and O–H groups in total. The van der Waals surface area contributed by atoms with E-state index >= 15 is 0 Å². The Bertz CT molecular complexity index is 889. The highest BCUT2D eigenvalue weighted by atomic mass is 32.2. The number of hydrogen-bond acceptors (Lipinski definition) is 5. The first-order chi connectivity index (χ1) is 13.7. The van der Waals surface area contributed by atoms with Crippen molar-refractivity contribution in [1.29, 1.82) is 0 Å². The molecule has 1 aliphatic rings. The van der Waals surface area contributed by atoms with Crippen LogP contribution in [0, 0.1) is 6.92 Å². The molecule has 4 rings (SSSR count). The van der Waals surface area contributed by atoms with Gasteiger partial charge >= 0.3 is 0 Å². The smallest absolute Gasteiger partial charge is 0.232 e. The normalized spacial score (nSPS) is 15.6. The minimum atomic E-state index is -0.534. The predicted molar refractivity (Wildman–Crippen MR) is 114 cm³/mol. The Labute approximate surface area is 170 Å². The number of piperidine rings is 1. The Kier molecular flexibility index (Phi) is 5.98. The highest BCUT2D eigenvalue weighted by molar-refractivity contribution is 7.99. The lowest BCUT2D eigenvalue weighted by atomic mass is 10.1. The minimum Gasteiger partial charge on any atom is -0.388 e. The zero-order valence-corrected chi connectivity index (χ0v) is 17.0. The predicted octanol–water partition coefficient (Wildman–Crippen LogP) is 4.39. The molecule has 3 aromatic rings. The maximum atomic E-state index is 10.5. The van der Waals surface area contributed by atoms with Crippen LogP contribution >= 0.6 is 11.8 Å². The summed E-state index contributed by atoms with van der Waals surface area (Å²) in [7, 11) is 0. The van der Waals surface area contributed by atoms with E-state index in [4.69, 9.17) is 0 Å². The summed E-state index contributed by atoms with van der Waals surface area (Å²) in [5.74, 6) is 1.44. The van der Waals surface area contributed by atoms with Gasteiger partial charge in [-0.1, -0.05) is 59.8 Å². The van der Waals surface area contributed by atoms with Crippen molar-refractivity contribution < 1.29 is 5.11 Å². The Morgan fingerprint density at radius 3 is 2.39 bits per heavy atom. The van der Waals surface area contributed by atoms with Gasteiger partial charge in [-0.2, -0.15) is 0 Å². The van der Waals surface area contributed by atoms with Crippen LogP contribution in [-0.2, 0) is 0 Å². The molecule has 0 amide bonds. The zero-order valence-electron chi connectivity index (χ0n) is 16.2. The molecular weight excluding hydrogens is 368 g/mol. The van der Waals surface area contributed by atoms with Crippen molar-refractivity contribution >= 4 is 17.7 Å². The summed E-state index contributed by atoms with van der Waals surface area (Å²) >= 11 is 1.55. The van der Waals surface area contributed by atoms with Gasteiger partial charge in [-0.3, -0.25) is 4.57 Å². The number of aliphatic hydroxyl groups is 1. The summed E-state index contributed by atoms with van der Waals surface area (Å²) in [6.45, 7) is 4.12. The number of aryl methyl sites for hydroxylation is 1.